The fourth-order valence-electron chi connectivity index (χ4n) is 3.14. The number of imidazole rings is 1. The Balaban J connectivity index is 1.66. The number of pyridine rings is 1. The molecule has 1 aliphatic rings. The van der Waals surface area contributed by atoms with Crippen LogP contribution >= 0.6 is 0 Å². The van der Waals surface area contributed by atoms with Crippen molar-refractivity contribution < 1.29 is 0 Å². The van der Waals surface area contributed by atoms with Crippen LogP contribution in [0, 0.1) is 13.8 Å². The molecule has 5 nitrogen and oxygen atoms in total. The Morgan fingerprint density at radius 3 is 2.95 bits per heavy atom. The minimum absolute atomic E-state index is 0.548. The fourth-order valence-corrected chi connectivity index (χ4v) is 3.14. The molecule has 0 spiro atoms. The van der Waals surface area contributed by atoms with Gasteiger partial charge in [-0.2, -0.15) is 0 Å². The highest BCUT2D eigenvalue weighted by molar-refractivity contribution is 5.40. The minimum atomic E-state index is 0.548. The largest absolute Gasteiger partial charge is 0.355 e. The van der Waals surface area contributed by atoms with Crippen molar-refractivity contribution in [1.82, 2.24) is 19.9 Å². The molecule has 3 rings (SSSR count). The van der Waals surface area contributed by atoms with E-state index in [1.807, 2.05) is 0 Å². The second-order valence-electron chi connectivity index (χ2n) is 6.27. The molecule has 2 aromatic heterocycles. The van der Waals surface area contributed by atoms with E-state index < -0.39 is 0 Å². The minimum Gasteiger partial charge on any atom is -0.355 e. The molecule has 1 fully saturated rings. The Hall–Kier alpha value is -1.88. The molecule has 0 bridgehead atoms. The van der Waals surface area contributed by atoms with E-state index in [1.54, 1.807) is 6.33 Å². The van der Waals surface area contributed by atoms with Gasteiger partial charge in [-0.25, -0.2) is 9.97 Å². The SMILES string of the molecule is Cc1cccc(N2CCCC(N(C)Cc3nc[nH]c3C)C2)n1. The van der Waals surface area contributed by atoms with Crippen molar-refractivity contribution in [3.05, 3.63) is 41.6 Å². The highest BCUT2D eigenvalue weighted by Crippen LogP contribution is 2.21. The van der Waals surface area contributed by atoms with Gasteiger partial charge in [0.15, 0.2) is 0 Å². The summed E-state index contributed by atoms with van der Waals surface area (Å²) >= 11 is 0. The first kappa shape index (κ1) is 15.0. The summed E-state index contributed by atoms with van der Waals surface area (Å²) in [6.07, 6.45) is 4.23. The standard InChI is InChI=1S/C17H25N5/c1-13-6-4-8-17(20-13)22-9-5-7-15(10-22)21(3)11-16-14(2)18-12-19-16/h4,6,8,12,15H,5,7,9-11H2,1-3H3,(H,18,19). The molecule has 1 N–H and O–H groups in total. The first-order chi connectivity index (χ1) is 10.6. The number of nitrogens with one attached hydrogen (secondary N) is 1. The highest BCUT2D eigenvalue weighted by atomic mass is 15.3. The summed E-state index contributed by atoms with van der Waals surface area (Å²) in [6, 6.07) is 6.81. The third-order valence-corrected chi connectivity index (χ3v) is 4.55. The fraction of sp³-hybridized carbons (Fsp3) is 0.529. The summed E-state index contributed by atoms with van der Waals surface area (Å²) in [5, 5.41) is 0. The zero-order chi connectivity index (χ0) is 15.5. The Morgan fingerprint density at radius 1 is 1.36 bits per heavy atom. The first-order valence-corrected chi connectivity index (χ1v) is 8.01. The average Bonchev–Trinajstić information content (AvgIpc) is 2.92. The van der Waals surface area contributed by atoms with Crippen LogP contribution in [0.5, 0.6) is 0 Å². The number of nitrogens with zero attached hydrogens (tertiary/aromatic N) is 4. The molecular formula is C17H25N5. The Morgan fingerprint density at radius 2 is 2.23 bits per heavy atom. The predicted molar refractivity (Wildman–Crippen MR) is 89.0 cm³/mol. The van der Waals surface area contributed by atoms with E-state index in [2.05, 4.69) is 63.8 Å². The number of hydrogen-bond donors (Lipinski definition) is 1. The van der Waals surface area contributed by atoms with Crippen LogP contribution < -0.4 is 4.90 Å². The van der Waals surface area contributed by atoms with Crippen molar-refractivity contribution in [2.75, 3.05) is 25.0 Å². The third-order valence-electron chi connectivity index (χ3n) is 4.55. The Kier molecular flexibility index (Phi) is 4.43. The normalized spacial score (nSPS) is 18.9. The second kappa shape index (κ2) is 6.48. The molecule has 1 atom stereocenters. The topological polar surface area (TPSA) is 48.0 Å². The molecule has 22 heavy (non-hydrogen) atoms. The summed E-state index contributed by atoms with van der Waals surface area (Å²) < 4.78 is 0. The third kappa shape index (κ3) is 3.30. The molecule has 0 saturated carbocycles. The van der Waals surface area contributed by atoms with Gasteiger partial charge in [-0.3, -0.25) is 4.90 Å². The van der Waals surface area contributed by atoms with E-state index in [1.165, 1.54) is 18.5 Å². The smallest absolute Gasteiger partial charge is 0.128 e. The van der Waals surface area contributed by atoms with Gasteiger partial charge in [0.2, 0.25) is 0 Å². The van der Waals surface area contributed by atoms with Gasteiger partial charge >= 0.3 is 0 Å². The second-order valence-corrected chi connectivity index (χ2v) is 6.27. The molecule has 1 aliphatic heterocycles. The number of rotatable bonds is 4. The van der Waals surface area contributed by atoms with Crippen molar-refractivity contribution in [2.45, 2.75) is 39.3 Å². The molecule has 0 amide bonds. The van der Waals surface area contributed by atoms with E-state index in [0.717, 1.165) is 36.8 Å². The lowest BCUT2D eigenvalue weighted by Gasteiger charge is -2.38. The Labute approximate surface area is 132 Å². The molecule has 1 saturated heterocycles. The number of H-pyrrole nitrogens is 1. The zero-order valence-corrected chi connectivity index (χ0v) is 13.7. The summed E-state index contributed by atoms with van der Waals surface area (Å²) in [5.41, 5.74) is 3.40. The number of likely N-dealkylation sites (N-methyl/N-ethyl adjacent to an activating group) is 1. The van der Waals surface area contributed by atoms with E-state index in [9.17, 15) is 0 Å². The van der Waals surface area contributed by atoms with Crippen LogP contribution in [0.3, 0.4) is 0 Å². The van der Waals surface area contributed by atoms with Crippen molar-refractivity contribution in [3.63, 3.8) is 0 Å². The van der Waals surface area contributed by atoms with E-state index in [0.29, 0.717) is 6.04 Å². The van der Waals surface area contributed by atoms with Gasteiger partial charge in [-0.1, -0.05) is 6.07 Å². The molecule has 5 heteroatoms. The van der Waals surface area contributed by atoms with Gasteiger partial charge in [-0.15, -0.1) is 0 Å². The maximum absolute atomic E-state index is 4.67. The lowest BCUT2D eigenvalue weighted by Crippen LogP contribution is -2.46. The number of hydrogen-bond acceptors (Lipinski definition) is 4. The number of aryl methyl sites for hydroxylation is 2. The van der Waals surface area contributed by atoms with Crippen molar-refractivity contribution in [2.24, 2.45) is 0 Å². The van der Waals surface area contributed by atoms with E-state index in [4.69, 9.17) is 0 Å². The van der Waals surface area contributed by atoms with E-state index >= 15 is 0 Å². The van der Waals surface area contributed by atoms with E-state index in [-0.39, 0.29) is 0 Å². The summed E-state index contributed by atoms with van der Waals surface area (Å²) in [7, 11) is 2.20. The quantitative estimate of drug-likeness (QED) is 0.942. The summed E-state index contributed by atoms with van der Waals surface area (Å²) in [5.74, 6) is 1.11. The predicted octanol–water partition coefficient (Wildman–Crippen LogP) is 2.52. The monoisotopic (exact) mass is 299 g/mol. The molecule has 0 aromatic carbocycles. The highest BCUT2D eigenvalue weighted by Gasteiger charge is 2.24. The van der Waals surface area contributed by atoms with Gasteiger partial charge in [-0.05, 0) is 45.9 Å². The molecule has 3 heterocycles. The Bertz CT molecular complexity index is 621. The molecule has 0 radical (unpaired) electrons. The van der Waals surface area contributed by atoms with Crippen LogP contribution in [-0.4, -0.2) is 46.0 Å². The van der Waals surface area contributed by atoms with Gasteiger partial charge in [0.25, 0.3) is 0 Å². The first-order valence-electron chi connectivity index (χ1n) is 8.01. The number of aromatic amines is 1. The van der Waals surface area contributed by atoms with Gasteiger partial charge in [0.05, 0.1) is 12.0 Å². The molecule has 0 aliphatic carbocycles. The zero-order valence-electron chi connectivity index (χ0n) is 13.7. The maximum Gasteiger partial charge on any atom is 0.128 e. The van der Waals surface area contributed by atoms with Crippen molar-refractivity contribution >= 4 is 5.82 Å². The number of anilines is 1. The lowest BCUT2D eigenvalue weighted by molar-refractivity contribution is 0.205. The molecular weight excluding hydrogens is 274 g/mol. The van der Waals surface area contributed by atoms with Crippen LogP contribution in [-0.2, 0) is 6.54 Å². The summed E-state index contributed by atoms with van der Waals surface area (Å²) in [6.45, 7) is 7.17. The van der Waals surface area contributed by atoms with Crippen LogP contribution in [0.15, 0.2) is 24.5 Å². The van der Waals surface area contributed by atoms with Gasteiger partial charge in [0.1, 0.15) is 5.82 Å². The molecule has 2 aromatic rings. The van der Waals surface area contributed by atoms with Crippen LogP contribution in [0.2, 0.25) is 0 Å². The van der Waals surface area contributed by atoms with Crippen LogP contribution in [0.25, 0.3) is 0 Å². The molecule has 1 unspecified atom stereocenters. The van der Waals surface area contributed by atoms with Crippen molar-refractivity contribution in [1.29, 1.82) is 0 Å². The van der Waals surface area contributed by atoms with Crippen LogP contribution in [0.1, 0.15) is 29.9 Å². The van der Waals surface area contributed by atoms with Crippen molar-refractivity contribution in [3.8, 4) is 0 Å². The van der Waals surface area contributed by atoms with Gasteiger partial charge < -0.3 is 9.88 Å². The number of piperidine rings is 1. The molecule has 118 valence electrons. The lowest BCUT2D eigenvalue weighted by atomic mass is 10.0. The average molecular weight is 299 g/mol. The van der Waals surface area contributed by atoms with Crippen LogP contribution in [0.4, 0.5) is 5.82 Å². The maximum atomic E-state index is 4.67. The summed E-state index contributed by atoms with van der Waals surface area (Å²) in [4.78, 5) is 17.1. The number of aromatic nitrogens is 3. The van der Waals surface area contributed by atoms with Gasteiger partial charge in [0, 0.05) is 37.1 Å².